The highest BCUT2D eigenvalue weighted by Crippen LogP contribution is 2.34. The Balaban J connectivity index is 1.61. The summed E-state index contributed by atoms with van der Waals surface area (Å²) >= 11 is 0. The van der Waals surface area contributed by atoms with Gasteiger partial charge in [0.15, 0.2) is 25.2 Å². The minimum atomic E-state index is -2.03. The molecule has 20 atom stereocenters. The third-order valence-corrected chi connectivity index (χ3v) is 8.21. The zero-order valence-corrected chi connectivity index (χ0v) is 23.5. The summed E-state index contributed by atoms with van der Waals surface area (Å²) in [5, 5.41) is 143. The number of hydrogen-bond acceptors (Lipinski definition) is 21. The van der Waals surface area contributed by atoms with Crippen molar-refractivity contribution >= 4 is 0 Å². The van der Waals surface area contributed by atoms with Crippen molar-refractivity contribution in [2.75, 3.05) is 26.4 Å². The Kier molecular flexibility index (Phi) is 12.8. The van der Waals surface area contributed by atoms with Crippen molar-refractivity contribution < 1.29 is 105 Å². The lowest BCUT2D eigenvalue weighted by Crippen LogP contribution is -2.68. The molecular weight excluding hydrogens is 624 g/mol. The smallest absolute Gasteiger partial charge is 0.187 e. The van der Waals surface area contributed by atoms with E-state index in [1.54, 1.807) is 0 Å². The van der Waals surface area contributed by atoms with Gasteiger partial charge in [0.2, 0.25) is 0 Å². The average Bonchev–Trinajstić information content (AvgIpc) is 3.03. The summed E-state index contributed by atoms with van der Waals surface area (Å²) in [5.74, 6) is 0. The van der Waals surface area contributed by atoms with Crippen molar-refractivity contribution in [1.82, 2.24) is 0 Å². The Labute approximate surface area is 254 Å². The van der Waals surface area contributed by atoms with Gasteiger partial charge in [0.25, 0.3) is 0 Å². The van der Waals surface area contributed by atoms with Crippen molar-refractivity contribution in [2.24, 2.45) is 0 Å². The number of aliphatic hydroxyl groups excluding tert-OH is 14. The first-order chi connectivity index (χ1) is 21.3. The van der Waals surface area contributed by atoms with E-state index in [9.17, 15) is 71.5 Å². The highest BCUT2D eigenvalue weighted by atomic mass is 16.8. The molecule has 21 nitrogen and oxygen atoms in total. The third kappa shape index (κ3) is 7.44. The van der Waals surface area contributed by atoms with E-state index in [-0.39, 0.29) is 0 Å². The van der Waals surface area contributed by atoms with E-state index in [1.807, 2.05) is 0 Å². The predicted molar refractivity (Wildman–Crippen MR) is 134 cm³/mol. The van der Waals surface area contributed by atoms with Gasteiger partial charge in [-0.2, -0.15) is 0 Å². The van der Waals surface area contributed by atoms with Crippen LogP contribution < -0.4 is 0 Å². The van der Waals surface area contributed by atoms with E-state index < -0.39 is 149 Å². The molecular formula is C24H42O21. The summed E-state index contributed by atoms with van der Waals surface area (Å²) in [6, 6.07) is 0. The van der Waals surface area contributed by atoms with Gasteiger partial charge in [-0.1, -0.05) is 0 Å². The van der Waals surface area contributed by atoms with Crippen LogP contribution in [0.1, 0.15) is 0 Å². The molecule has 0 saturated carbocycles. The van der Waals surface area contributed by atoms with Crippen molar-refractivity contribution in [2.45, 2.75) is 123 Å². The van der Waals surface area contributed by atoms with Gasteiger partial charge in [-0.05, 0) is 0 Å². The highest BCUT2D eigenvalue weighted by Gasteiger charge is 2.55. The van der Waals surface area contributed by atoms with Crippen LogP contribution in [0.25, 0.3) is 0 Å². The molecule has 0 radical (unpaired) electrons. The molecule has 0 aromatic rings. The zero-order valence-electron chi connectivity index (χ0n) is 23.5. The molecule has 4 heterocycles. The lowest BCUT2D eigenvalue weighted by molar-refractivity contribution is -0.405. The zero-order chi connectivity index (χ0) is 33.3. The highest BCUT2D eigenvalue weighted by molar-refractivity contribution is 4.97. The molecule has 0 unspecified atom stereocenters. The third-order valence-electron chi connectivity index (χ3n) is 8.21. The molecule has 4 fully saturated rings. The maximum atomic E-state index is 11.0. The standard InChI is InChI=1S/C24H42O21/c25-1-5-10(30)14(34)18(21(38)39-5)43-23-20(16(36)12(32)7(3-27)41-23)45-24-19(15(35)11(31)8(4-28)42-24)44-22-17(37)13(33)9(29)6(2-26)40-22/h5-38H,1-4H2/t5-,6-,7-,8-,9-,10-,11-,12-,13+,14+,15+,16+,17+,18+,19+,20+,21+,22+,23-,24-/m1/s1. The molecule has 0 aromatic heterocycles. The summed E-state index contributed by atoms with van der Waals surface area (Å²) in [5.41, 5.74) is 0. The monoisotopic (exact) mass is 666 g/mol. The van der Waals surface area contributed by atoms with Gasteiger partial charge in [0, 0.05) is 0 Å². The fourth-order valence-corrected chi connectivity index (χ4v) is 5.48. The van der Waals surface area contributed by atoms with E-state index in [1.165, 1.54) is 0 Å². The lowest BCUT2D eigenvalue weighted by Gasteiger charge is -2.49. The Bertz CT molecular complexity index is 916. The molecule has 14 N–H and O–H groups in total. The number of ether oxygens (including phenoxy) is 7. The molecule has 0 spiro atoms. The van der Waals surface area contributed by atoms with Crippen molar-refractivity contribution in [1.29, 1.82) is 0 Å². The molecule has 0 bridgehead atoms. The van der Waals surface area contributed by atoms with Crippen LogP contribution in [0.2, 0.25) is 0 Å². The van der Waals surface area contributed by atoms with Gasteiger partial charge in [-0.15, -0.1) is 0 Å². The molecule has 4 saturated heterocycles. The first-order valence-corrected chi connectivity index (χ1v) is 14.1. The first kappa shape index (κ1) is 37.0. The van der Waals surface area contributed by atoms with Crippen LogP contribution in [-0.4, -0.2) is 221 Å². The maximum Gasteiger partial charge on any atom is 0.187 e. The second-order valence-corrected chi connectivity index (χ2v) is 11.1. The molecule has 0 aliphatic carbocycles. The van der Waals surface area contributed by atoms with Crippen LogP contribution >= 0.6 is 0 Å². The molecule has 21 heteroatoms. The van der Waals surface area contributed by atoms with Crippen LogP contribution in [-0.2, 0) is 33.2 Å². The van der Waals surface area contributed by atoms with E-state index in [0.29, 0.717) is 0 Å². The van der Waals surface area contributed by atoms with Crippen LogP contribution in [0.15, 0.2) is 0 Å². The fourth-order valence-electron chi connectivity index (χ4n) is 5.48. The molecule has 264 valence electrons. The van der Waals surface area contributed by atoms with Crippen molar-refractivity contribution in [3.63, 3.8) is 0 Å². The molecule has 4 aliphatic heterocycles. The lowest BCUT2D eigenvalue weighted by atomic mass is 9.96. The molecule has 4 rings (SSSR count). The van der Waals surface area contributed by atoms with E-state index in [0.717, 1.165) is 0 Å². The quantitative estimate of drug-likeness (QED) is 0.103. The summed E-state index contributed by atoms with van der Waals surface area (Å²) < 4.78 is 38.3. The molecule has 0 aromatic carbocycles. The van der Waals surface area contributed by atoms with Crippen LogP contribution in [0.5, 0.6) is 0 Å². The Morgan fingerprint density at radius 2 is 0.644 bits per heavy atom. The average molecular weight is 667 g/mol. The second-order valence-electron chi connectivity index (χ2n) is 11.1. The van der Waals surface area contributed by atoms with Gasteiger partial charge in [0.05, 0.1) is 26.4 Å². The summed E-state index contributed by atoms with van der Waals surface area (Å²) in [7, 11) is 0. The van der Waals surface area contributed by atoms with Crippen LogP contribution in [0.3, 0.4) is 0 Å². The SMILES string of the molecule is OC[C@H]1O[C@@H](O[C@@H]2[C@@H](O[C@@H]3[C@@H](O[C@H]4[C@@H](O)[C@H](O)[C@@H](CO)O[C@@H]4O)O[C@H](CO)[C@@H](O)[C@@H]3O)O[C@H](CO)[C@@H](O)[C@@H]2O)[C@@H](O)[C@@H](O)[C@@H]1O. The Morgan fingerprint density at radius 1 is 0.333 bits per heavy atom. The summed E-state index contributed by atoms with van der Waals surface area (Å²) in [6.07, 6.45) is -36.6. The largest absolute Gasteiger partial charge is 0.394 e. The fraction of sp³-hybridized carbons (Fsp3) is 1.00. The Hall–Kier alpha value is -0.840. The van der Waals surface area contributed by atoms with E-state index in [4.69, 9.17) is 33.2 Å². The molecule has 45 heavy (non-hydrogen) atoms. The van der Waals surface area contributed by atoms with Gasteiger partial charge < -0.3 is 105 Å². The van der Waals surface area contributed by atoms with Crippen LogP contribution in [0, 0.1) is 0 Å². The first-order valence-electron chi connectivity index (χ1n) is 14.1. The normalized spacial score (nSPS) is 52.9. The van der Waals surface area contributed by atoms with Gasteiger partial charge in [-0.3, -0.25) is 0 Å². The van der Waals surface area contributed by atoms with E-state index in [2.05, 4.69) is 0 Å². The van der Waals surface area contributed by atoms with E-state index >= 15 is 0 Å². The molecule has 4 aliphatic rings. The van der Waals surface area contributed by atoms with Crippen molar-refractivity contribution in [3.05, 3.63) is 0 Å². The summed E-state index contributed by atoms with van der Waals surface area (Å²) in [4.78, 5) is 0. The van der Waals surface area contributed by atoms with Gasteiger partial charge in [0.1, 0.15) is 97.7 Å². The summed E-state index contributed by atoms with van der Waals surface area (Å²) in [6.45, 7) is -3.41. The topological polar surface area (TPSA) is 348 Å². The second kappa shape index (κ2) is 15.6. The molecule has 0 amide bonds. The minimum Gasteiger partial charge on any atom is -0.394 e. The maximum absolute atomic E-state index is 11.0. The van der Waals surface area contributed by atoms with Crippen molar-refractivity contribution in [3.8, 4) is 0 Å². The Morgan fingerprint density at radius 3 is 1.07 bits per heavy atom. The van der Waals surface area contributed by atoms with Gasteiger partial charge in [-0.25, -0.2) is 0 Å². The number of hydrogen-bond donors (Lipinski definition) is 14. The van der Waals surface area contributed by atoms with Crippen LogP contribution in [0.4, 0.5) is 0 Å². The number of rotatable bonds is 10. The minimum absolute atomic E-state index is 0.791. The predicted octanol–water partition coefficient (Wildman–Crippen LogP) is -9.75. The van der Waals surface area contributed by atoms with Gasteiger partial charge >= 0.3 is 0 Å². The number of aliphatic hydroxyl groups is 14.